The van der Waals surface area contributed by atoms with Gasteiger partial charge in [-0.15, -0.1) is 0 Å². The predicted octanol–water partition coefficient (Wildman–Crippen LogP) is 4.95. The lowest BCUT2D eigenvalue weighted by molar-refractivity contribution is 0.105. The van der Waals surface area contributed by atoms with Crippen molar-refractivity contribution in [3.63, 3.8) is 0 Å². The lowest BCUT2D eigenvalue weighted by atomic mass is 9.81. The van der Waals surface area contributed by atoms with E-state index >= 15 is 0 Å². The molecule has 2 atom stereocenters. The summed E-state index contributed by atoms with van der Waals surface area (Å²) in [4.78, 5) is 15.4. The van der Waals surface area contributed by atoms with Crippen molar-refractivity contribution in [1.29, 1.82) is 0 Å². The van der Waals surface area contributed by atoms with Gasteiger partial charge in [-0.1, -0.05) is 29.5 Å². The first-order valence-electron chi connectivity index (χ1n) is 12.0. The third-order valence-corrected chi connectivity index (χ3v) is 7.26. The average Bonchev–Trinajstić information content (AvgIpc) is 3.18. The molecule has 168 valence electrons. The monoisotopic (exact) mass is 422 g/mol. The van der Waals surface area contributed by atoms with E-state index < -0.39 is 0 Å². The Morgan fingerprint density at radius 1 is 1.16 bits per heavy atom. The van der Waals surface area contributed by atoms with Gasteiger partial charge in [0.05, 0.1) is 11.6 Å². The molecule has 5 heteroatoms. The van der Waals surface area contributed by atoms with Crippen LogP contribution in [0.3, 0.4) is 0 Å². The van der Waals surface area contributed by atoms with Crippen molar-refractivity contribution >= 4 is 11.9 Å². The van der Waals surface area contributed by atoms with E-state index in [-0.39, 0.29) is 6.10 Å². The van der Waals surface area contributed by atoms with Crippen LogP contribution in [0, 0.1) is 11.8 Å². The zero-order chi connectivity index (χ0) is 21.8. The van der Waals surface area contributed by atoms with Gasteiger partial charge in [-0.25, -0.2) is 0 Å². The molecule has 4 rings (SSSR count). The van der Waals surface area contributed by atoms with Crippen LogP contribution in [0.2, 0.25) is 0 Å². The first-order chi connectivity index (χ1) is 15.0. The molecule has 31 heavy (non-hydrogen) atoms. The minimum Gasteiger partial charge on any atom is -0.387 e. The molecule has 3 heterocycles. The summed E-state index contributed by atoms with van der Waals surface area (Å²) in [5, 5.41) is 4.51. The topological polar surface area (TPSA) is 40.4 Å². The van der Waals surface area contributed by atoms with E-state index in [0.717, 1.165) is 50.4 Å². The molecule has 0 radical (unpaired) electrons. The number of likely N-dealkylation sites (N-methyl/N-ethyl adjacent to an activating group) is 1. The second kappa shape index (κ2) is 9.99. The SMILES string of the molecule is C=C1/C(CCN2CCC(C3=NOC4C=C(C)C=CC34)CC2)=C(/C)N=CCCCCN1C. The number of fused-ring (bicyclic) bond motifs is 1. The Kier molecular flexibility index (Phi) is 7.11. The van der Waals surface area contributed by atoms with E-state index in [0.29, 0.717) is 11.8 Å². The molecule has 0 spiro atoms. The van der Waals surface area contributed by atoms with E-state index in [9.17, 15) is 0 Å². The third-order valence-electron chi connectivity index (χ3n) is 7.26. The highest BCUT2D eigenvalue weighted by molar-refractivity contribution is 5.92. The second-order valence-corrected chi connectivity index (χ2v) is 9.49. The number of aliphatic imine (C=N–C) groups is 1. The molecule has 5 nitrogen and oxygen atoms in total. The summed E-state index contributed by atoms with van der Waals surface area (Å²) in [6.07, 6.45) is 15.7. The maximum absolute atomic E-state index is 5.73. The van der Waals surface area contributed by atoms with Gasteiger partial charge >= 0.3 is 0 Å². The Hall–Kier alpha value is -2.14. The lowest BCUT2D eigenvalue weighted by Crippen LogP contribution is -2.39. The van der Waals surface area contributed by atoms with Crippen molar-refractivity contribution in [2.24, 2.45) is 22.0 Å². The van der Waals surface area contributed by atoms with Gasteiger partial charge in [0.2, 0.25) is 0 Å². The number of rotatable bonds is 4. The molecule has 0 bridgehead atoms. The first kappa shape index (κ1) is 22.1. The Balaban J connectivity index is 1.32. The quantitative estimate of drug-likeness (QED) is 0.644. The third kappa shape index (κ3) is 5.20. The van der Waals surface area contributed by atoms with Gasteiger partial charge in [-0.3, -0.25) is 4.99 Å². The maximum Gasteiger partial charge on any atom is 0.157 e. The molecule has 1 aliphatic carbocycles. The number of oxime groups is 1. The predicted molar refractivity (Wildman–Crippen MR) is 129 cm³/mol. The first-order valence-corrected chi connectivity index (χ1v) is 12.0. The van der Waals surface area contributed by atoms with E-state index in [1.54, 1.807) is 0 Å². The van der Waals surface area contributed by atoms with Gasteiger partial charge in [0, 0.05) is 43.7 Å². The number of nitrogens with zero attached hydrogens (tertiary/aromatic N) is 4. The summed E-state index contributed by atoms with van der Waals surface area (Å²) in [6.45, 7) is 13.1. The van der Waals surface area contributed by atoms with Crippen molar-refractivity contribution in [2.75, 3.05) is 33.2 Å². The van der Waals surface area contributed by atoms with Gasteiger partial charge in [0.25, 0.3) is 0 Å². The molecule has 3 aliphatic heterocycles. The van der Waals surface area contributed by atoms with Gasteiger partial charge in [0.15, 0.2) is 6.10 Å². The molecule has 4 aliphatic rings. The lowest BCUT2D eigenvalue weighted by Gasteiger charge is -2.33. The minimum atomic E-state index is 0.115. The number of piperidine rings is 1. The fourth-order valence-corrected chi connectivity index (χ4v) is 5.16. The fraction of sp³-hybridized carbons (Fsp3) is 0.615. The van der Waals surface area contributed by atoms with Crippen LogP contribution < -0.4 is 0 Å². The van der Waals surface area contributed by atoms with E-state index in [1.165, 1.54) is 42.5 Å². The Morgan fingerprint density at radius 3 is 2.77 bits per heavy atom. The molecule has 2 unspecified atom stereocenters. The van der Waals surface area contributed by atoms with E-state index in [1.807, 2.05) is 0 Å². The van der Waals surface area contributed by atoms with Gasteiger partial charge in [-0.05, 0) is 77.1 Å². The Bertz CT molecular complexity index is 826. The fourth-order valence-electron chi connectivity index (χ4n) is 5.16. The largest absolute Gasteiger partial charge is 0.387 e. The van der Waals surface area contributed by atoms with Crippen LogP contribution in [0.15, 0.2) is 57.5 Å². The summed E-state index contributed by atoms with van der Waals surface area (Å²) in [6, 6.07) is 0. The molecule has 0 saturated carbocycles. The van der Waals surface area contributed by atoms with Gasteiger partial charge in [0.1, 0.15) is 0 Å². The van der Waals surface area contributed by atoms with E-state index in [2.05, 4.69) is 66.9 Å². The molecular weight excluding hydrogens is 384 g/mol. The van der Waals surface area contributed by atoms with Crippen molar-refractivity contribution < 1.29 is 4.84 Å². The summed E-state index contributed by atoms with van der Waals surface area (Å²) in [5.74, 6) is 0.885. The molecule has 0 aromatic heterocycles. The molecule has 0 aromatic rings. The van der Waals surface area contributed by atoms with Crippen LogP contribution in [0.25, 0.3) is 0 Å². The number of likely N-dealkylation sites (tertiary alicyclic amines) is 1. The standard InChI is InChI=1S/C26H38N4O/c1-19-8-9-24-25(18-19)31-28-26(24)22-10-15-30(16-11-22)17-12-23-20(2)27-13-6-5-7-14-29(4)21(23)3/h8-9,13,18,22,24-25H,3,5-7,10-12,14-17H2,1-2,4H3/b23-20-,27-13?. The van der Waals surface area contributed by atoms with Crippen LogP contribution in [-0.2, 0) is 4.84 Å². The molecule has 0 N–H and O–H groups in total. The number of hydrogen-bond acceptors (Lipinski definition) is 5. The maximum atomic E-state index is 5.73. The second-order valence-electron chi connectivity index (χ2n) is 9.49. The van der Waals surface area contributed by atoms with Crippen LogP contribution >= 0.6 is 0 Å². The van der Waals surface area contributed by atoms with Crippen molar-refractivity contribution in [3.05, 3.63) is 47.3 Å². The molecule has 1 fully saturated rings. The zero-order valence-corrected chi connectivity index (χ0v) is 19.5. The average molecular weight is 423 g/mol. The Labute approximate surface area is 187 Å². The normalized spacial score (nSPS) is 30.7. The highest BCUT2D eigenvalue weighted by atomic mass is 16.6. The smallest absolute Gasteiger partial charge is 0.157 e. The Morgan fingerprint density at radius 2 is 1.97 bits per heavy atom. The van der Waals surface area contributed by atoms with Crippen molar-refractivity contribution in [2.45, 2.75) is 58.5 Å². The highest BCUT2D eigenvalue weighted by Gasteiger charge is 2.37. The van der Waals surface area contributed by atoms with Crippen LogP contribution in [0.5, 0.6) is 0 Å². The summed E-state index contributed by atoms with van der Waals surface area (Å²) in [5.41, 5.74) is 6.12. The number of hydrogen-bond donors (Lipinski definition) is 0. The van der Waals surface area contributed by atoms with Gasteiger partial charge in [-0.2, -0.15) is 0 Å². The molecule has 0 aromatic carbocycles. The van der Waals surface area contributed by atoms with Crippen LogP contribution in [-0.4, -0.2) is 61.1 Å². The molecular formula is C26H38N4O. The zero-order valence-electron chi connectivity index (χ0n) is 19.5. The molecule has 1 saturated heterocycles. The van der Waals surface area contributed by atoms with Crippen molar-refractivity contribution in [1.82, 2.24) is 9.80 Å². The molecule has 0 amide bonds. The summed E-state index contributed by atoms with van der Waals surface area (Å²) in [7, 11) is 2.17. The van der Waals surface area contributed by atoms with Crippen LogP contribution in [0.1, 0.15) is 52.4 Å². The number of allylic oxidation sites excluding steroid dienone is 4. The summed E-state index contributed by atoms with van der Waals surface area (Å²) < 4.78 is 0. The van der Waals surface area contributed by atoms with Crippen molar-refractivity contribution in [3.8, 4) is 0 Å². The van der Waals surface area contributed by atoms with E-state index in [4.69, 9.17) is 9.83 Å². The summed E-state index contributed by atoms with van der Waals surface area (Å²) >= 11 is 0. The highest BCUT2D eigenvalue weighted by Crippen LogP contribution is 2.33. The van der Waals surface area contributed by atoms with Gasteiger partial charge < -0.3 is 14.6 Å². The van der Waals surface area contributed by atoms with Crippen LogP contribution in [0.4, 0.5) is 0 Å². The minimum absolute atomic E-state index is 0.115.